The number of rotatable bonds is 6. The molecule has 0 unspecified atom stereocenters. The summed E-state index contributed by atoms with van der Waals surface area (Å²) in [6, 6.07) is 9.96. The van der Waals surface area contributed by atoms with Gasteiger partial charge in [0.05, 0.1) is 34.5 Å². The summed E-state index contributed by atoms with van der Waals surface area (Å²) in [5.41, 5.74) is 0.269. The van der Waals surface area contributed by atoms with Crippen molar-refractivity contribution in [2.75, 3.05) is 17.0 Å². The van der Waals surface area contributed by atoms with E-state index in [1.165, 1.54) is 18.2 Å². The quantitative estimate of drug-likeness (QED) is 0.115. The number of allylic oxidation sites excluding steroid dienone is 2. The van der Waals surface area contributed by atoms with Gasteiger partial charge in [0.1, 0.15) is 0 Å². The number of aromatic hydroxyl groups is 1. The maximum atomic E-state index is 14.1. The molecule has 4 aliphatic rings. The number of hydrogen-bond acceptors (Lipinski definition) is 8. The van der Waals surface area contributed by atoms with Gasteiger partial charge in [0.25, 0.3) is 17.5 Å². The number of nitro benzene ring substituents is 1. The SMILES string of the molecule is CCOc1cccc([C@H]2C3=CC[C@@H]4C(=O)N(c5cccc([N+](=O)[O-])c5)C(=O)[C@@H]4[C@@H]3C[C@@]3(Cl)C(=O)N(CBr)C(=O)[C@@]23Cl)c1O. The summed E-state index contributed by atoms with van der Waals surface area (Å²) in [7, 11) is 0. The molecule has 3 fully saturated rings. The number of carbonyl (C=O) groups excluding carboxylic acids is 4. The van der Waals surface area contributed by atoms with Gasteiger partial charge >= 0.3 is 0 Å². The Morgan fingerprint density at radius 2 is 1.81 bits per heavy atom. The predicted molar refractivity (Wildman–Crippen MR) is 158 cm³/mol. The monoisotopic (exact) mass is 691 g/mol. The van der Waals surface area contributed by atoms with Crippen LogP contribution in [0.15, 0.2) is 54.1 Å². The van der Waals surface area contributed by atoms with Crippen LogP contribution in [0.4, 0.5) is 11.4 Å². The van der Waals surface area contributed by atoms with Crippen LogP contribution in [0.2, 0.25) is 0 Å². The predicted octanol–water partition coefficient (Wildman–Crippen LogP) is 4.61. The van der Waals surface area contributed by atoms with E-state index in [9.17, 15) is 34.4 Å². The fraction of sp³-hybridized carbons (Fsp3) is 0.379. The third-order valence-corrected chi connectivity index (χ3v) is 10.9. The van der Waals surface area contributed by atoms with Crippen molar-refractivity contribution in [3.63, 3.8) is 0 Å². The second-order valence-corrected chi connectivity index (χ2v) is 12.6. The molecule has 224 valence electrons. The molecule has 2 saturated heterocycles. The topological polar surface area (TPSA) is 147 Å². The largest absolute Gasteiger partial charge is 0.504 e. The number of phenolic OH excluding ortho intramolecular Hbond substituents is 1. The molecule has 2 aromatic rings. The zero-order valence-electron chi connectivity index (χ0n) is 22.5. The molecule has 0 aromatic heterocycles. The number of amides is 4. The fourth-order valence-corrected chi connectivity index (χ4v) is 8.56. The number of nitrogens with zero attached hydrogens (tertiary/aromatic N) is 3. The van der Waals surface area contributed by atoms with Crippen molar-refractivity contribution in [1.82, 2.24) is 4.90 Å². The van der Waals surface area contributed by atoms with E-state index in [0.717, 1.165) is 15.9 Å². The summed E-state index contributed by atoms with van der Waals surface area (Å²) in [5, 5.41) is 22.7. The molecule has 6 rings (SSSR count). The Morgan fingerprint density at radius 3 is 2.49 bits per heavy atom. The van der Waals surface area contributed by atoms with Crippen molar-refractivity contribution in [3.05, 3.63) is 69.8 Å². The molecule has 11 nitrogen and oxygen atoms in total. The van der Waals surface area contributed by atoms with Gasteiger partial charge in [-0.1, -0.05) is 45.8 Å². The van der Waals surface area contributed by atoms with E-state index in [1.54, 1.807) is 31.2 Å². The second-order valence-electron chi connectivity index (χ2n) is 10.9. The van der Waals surface area contributed by atoms with Crippen LogP contribution in [0.1, 0.15) is 31.2 Å². The van der Waals surface area contributed by atoms with Gasteiger partial charge in [-0.2, -0.15) is 0 Å². The number of non-ortho nitro benzene ring substituents is 1. The highest BCUT2D eigenvalue weighted by atomic mass is 79.9. The molecule has 0 radical (unpaired) electrons. The molecule has 1 saturated carbocycles. The van der Waals surface area contributed by atoms with Crippen molar-refractivity contribution in [2.24, 2.45) is 17.8 Å². The first-order chi connectivity index (χ1) is 20.4. The van der Waals surface area contributed by atoms with E-state index < -0.39 is 62.0 Å². The van der Waals surface area contributed by atoms with Gasteiger partial charge in [-0.05, 0) is 37.8 Å². The first kappa shape index (κ1) is 29.6. The first-order valence-electron chi connectivity index (χ1n) is 13.5. The van der Waals surface area contributed by atoms with Crippen LogP contribution in [0, 0.1) is 27.9 Å². The lowest BCUT2D eigenvalue weighted by Crippen LogP contribution is -2.60. The molecule has 1 N–H and O–H groups in total. The smallest absolute Gasteiger partial charge is 0.271 e. The van der Waals surface area contributed by atoms with Crippen molar-refractivity contribution < 1.29 is 33.9 Å². The molecule has 2 heterocycles. The lowest BCUT2D eigenvalue weighted by atomic mass is 9.56. The zero-order valence-corrected chi connectivity index (χ0v) is 25.6. The zero-order chi connectivity index (χ0) is 31.0. The van der Waals surface area contributed by atoms with Gasteiger partial charge in [0.15, 0.2) is 21.2 Å². The van der Waals surface area contributed by atoms with E-state index >= 15 is 0 Å². The third-order valence-electron chi connectivity index (χ3n) is 8.95. The van der Waals surface area contributed by atoms with Crippen LogP contribution < -0.4 is 9.64 Å². The average molecular weight is 693 g/mol. The fourth-order valence-electron chi connectivity index (χ4n) is 7.14. The van der Waals surface area contributed by atoms with Gasteiger partial charge in [0, 0.05) is 23.6 Å². The first-order valence-corrected chi connectivity index (χ1v) is 15.4. The standard InChI is InChI=1S/C29H24BrCl2N3O8/c1-2-43-20-8-4-7-18(23(20)36)22-16-9-10-17-21(19(16)12-28(31)26(39)33(13-30)27(40)29(22,28)32)25(38)34(24(17)37)14-5-3-6-15(11-14)35(41)42/h3-9,11,17,19,21-22,36H,2,10,12-13H2,1H3/t17-,19+,21-,22+,28+,29-/m0/s1. The molecule has 6 atom stereocenters. The molecule has 2 aliphatic heterocycles. The highest BCUT2D eigenvalue weighted by molar-refractivity contribution is 9.09. The van der Waals surface area contributed by atoms with E-state index in [2.05, 4.69) is 15.9 Å². The molecule has 2 aromatic carbocycles. The minimum Gasteiger partial charge on any atom is -0.504 e. The molecule has 0 spiro atoms. The van der Waals surface area contributed by atoms with Crippen LogP contribution in [0.5, 0.6) is 11.5 Å². The Balaban J connectivity index is 1.52. The van der Waals surface area contributed by atoms with Crippen LogP contribution in [0.25, 0.3) is 0 Å². The van der Waals surface area contributed by atoms with Gasteiger partial charge in [-0.3, -0.25) is 34.2 Å². The number of alkyl halides is 3. The average Bonchev–Trinajstić information content (AvgIpc) is 3.32. The highest BCUT2D eigenvalue weighted by Crippen LogP contribution is 2.66. The molecular weight excluding hydrogens is 669 g/mol. The van der Waals surface area contributed by atoms with E-state index in [-0.39, 0.29) is 53.3 Å². The lowest BCUT2D eigenvalue weighted by molar-refractivity contribution is -0.384. The van der Waals surface area contributed by atoms with Gasteiger partial charge in [-0.15, -0.1) is 23.2 Å². The lowest BCUT2D eigenvalue weighted by Gasteiger charge is -2.50. The van der Waals surface area contributed by atoms with Gasteiger partial charge in [0.2, 0.25) is 11.8 Å². The van der Waals surface area contributed by atoms with Crippen LogP contribution in [-0.4, -0.2) is 60.4 Å². The number of ether oxygens (including phenoxy) is 1. The molecular formula is C29H24BrCl2N3O8. The van der Waals surface area contributed by atoms with E-state index in [1.807, 2.05) is 0 Å². The Bertz CT molecular complexity index is 1650. The Kier molecular flexibility index (Phi) is 7.09. The number of hydrogen-bond donors (Lipinski definition) is 1. The minimum atomic E-state index is -2.08. The highest BCUT2D eigenvalue weighted by Gasteiger charge is 2.76. The summed E-state index contributed by atoms with van der Waals surface area (Å²) in [4.78, 5) is 63.9. The van der Waals surface area contributed by atoms with Crippen molar-refractivity contribution >= 4 is 74.1 Å². The maximum Gasteiger partial charge on any atom is 0.271 e. The number of nitro groups is 1. The Hall–Kier alpha value is -3.48. The van der Waals surface area contributed by atoms with Crippen molar-refractivity contribution in [1.29, 1.82) is 0 Å². The summed E-state index contributed by atoms with van der Waals surface area (Å²) >= 11 is 17.6. The number of carbonyl (C=O) groups is 4. The Labute approximate surface area is 263 Å². The number of anilines is 1. The number of imide groups is 2. The van der Waals surface area contributed by atoms with Crippen molar-refractivity contribution in [2.45, 2.75) is 35.4 Å². The van der Waals surface area contributed by atoms with Crippen LogP contribution >= 0.6 is 39.1 Å². The number of phenols is 1. The number of para-hydroxylation sites is 1. The van der Waals surface area contributed by atoms with Crippen LogP contribution in [0.3, 0.4) is 0 Å². The minimum absolute atomic E-state index is 0.0550. The number of likely N-dealkylation sites (tertiary alicyclic amines) is 1. The number of benzene rings is 2. The number of fused-ring (bicyclic) bond motifs is 4. The summed E-state index contributed by atoms with van der Waals surface area (Å²) < 4.78 is 5.59. The van der Waals surface area contributed by atoms with E-state index in [0.29, 0.717) is 5.57 Å². The normalized spacial score (nSPS) is 31.5. The molecule has 43 heavy (non-hydrogen) atoms. The summed E-state index contributed by atoms with van der Waals surface area (Å²) in [5.74, 6) is -6.64. The van der Waals surface area contributed by atoms with Crippen molar-refractivity contribution in [3.8, 4) is 11.5 Å². The van der Waals surface area contributed by atoms with Crippen LogP contribution in [-0.2, 0) is 19.2 Å². The summed E-state index contributed by atoms with van der Waals surface area (Å²) in [6.45, 7) is 1.98. The Morgan fingerprint density at radius 1 is 1.09 bits per heavy atom. The second kappa shape index (κ2) is 10.3. The van der Waals surface area contributed by atoms with Gasteiger partial charge in [-0.25, -0.2) is 4.90 Å². The molecule has 2 aliphatic carbocycles. The maximum absolute atomic E-state index is 14.1. The van der Waals surface area contributed by atoms with E-state index in [4.69, 9.17) is 27.9 Å². The molecule has 14 heteroatoms. The molecule has 0 bridgehead atoms. The summed E-state index contributed by atoms with van der Waals surface area (Å²) in [6.07, 6.45) is 1.60. The number of halogens is 3. The third kappa shape index (κ3) is 3.92. The molecule has 4 amide bonds. The van der Waals surface area contributed by atoms with Gasteiger partial charge < -0.3 is 9.84 Å².